The van der Waals surface area contributed by atoms with Crippen LogP contribution >= 0.6 is 11.6 Å². The fraction of sp³-hybridized carbons (Fsp3) is 0.389. The van der Waals surface area contributed by atoms with E-state index in [0.29, 0.717) is 5.92 Å². The average molecular weight is 317 g/mol. The molecule has 0 saturated carbocycles. The van der Waals surface area contributed by atoms with E-state index in [1.807, 2.05) is 48.7 Å². The molecule has 0 aliphatic carbocycles. The van der Waals surface area contributed by atoms with Gasteiger partial charge in [0, 0.05) is 11.2 Å². The minimum atomic E-state index is -0.131. The molecular weight excluding hydrogens is 296 g/mol. The lowest BCUT2D eigenvalue weighted by atomic mass is 9.99. The molecule has 3 nitrogen and oxygen atoms in total. The minimum absolute atomic E-state index is 0.131. The summed E-state index contributed by atoms with van der Waals surface area (Å²) in [6.45, 7) is 2.94. The van der Waals surface area contributed by atoms with Crippen LogP contribution in [0.2, 0.25) is 5.02 Å². The molecule has 2 heterocycles. The van der Waals surface area contributed by atoms with E-state index in [0.717, 1.165) is 36.0 Å². The summed E-state index contributed by atoms with van der Waals surface area (Å²) >= 11 is 6.00. The molecule has 1 aliphatic heterocycles. The zero-order valence-electron chi connectivity index (χ0n) is 12.5. The van der Waals surface area contributed by atoms with Gasteiger partial charge in [-0.1, -0.05) is 29.8 Å². The lowest BCUT2D eigenvalue weighted by molar-refractivity contribution is 0.0416. The van der Waals surface area contributed by atoms with Gasteiger partial charge in [0.1, 0.15) is 6.10 Å². The van der Waals surface area contributed by atoms with Crippen LogP contribution in [0.1, 0.15) is 30.2 Å². The summed E-state index contributed by atoms with van der Waals surface area (Å²) in [4.78, 5) is 4.47. The fourth-order valence-electron chi connectivity index (χ4n) is 2.80. The zero-order chi connectivity index (χ0) is 15.2. The van der Waals surface area contributed by atoms with Crippen LogP contribution in [-0.4, -0.2) is 24.7 Å². The Morgan fingerprint density at radius 2 is 1.91 bits per heavy atom. The van der Waals surface area contributed by atoms with Gasteiger partial charge in [0.25, 0.3) is 0 Å². The summed E-state index contributed by atoms with van der Waals surface area (Å²) in [5, 5.41) is 4.13. The number of hydrogen-bond acceptors (Lipinski definition) is 3. The Labute approximate surface area is 136 Å². The van der Waals surface area contributed by atoms with Crippen LogP contribution < -0.4 is 5.32 Å². The maximum absolute atomic E-state index is 6.26. The summed E-state index contributed by atoms with van der Waals surface area (Å²) in [6.07, 6.45) is 4.03. The van der Waals surface area contributed by atoms with Crippen molar-refractivity contribution in [3.05, 3.63) is 64.9 Å². The monoisotopic (exact) mass is 316 g/mol. The van der Waals surface area contributed by atoms with E-state index in [2.05, 4.69) is 10.3 Å². The van der Waals surface area contributed by atoms with Crippen molar-refractivity contribution in [2.75, 3.05) is 19.7 Å². The first kappa shape index (κ1) is 15.5. The molecule has 1 aromatic carbocycles. The number of rotatable bonds is 5. The molecule has 1 unspecified atom stereocenters. The third-order valence-corrected chi connectivity index (χ3v) is 4.34. The number of aromatic nitrogens is 1. The van der Waals surface area contributed by atoms with Crippen molar-refractivity contribution < 1.29 is 4.74 Å². The lowest BCUT2D eigenvalue weighted by Gasteiger charge is -2.25. The standard InChI is InChI=1S/C18H21ClN2O/c19-16-6-4-15(5-7-16)18(17-3-1-2-10-21-17)22-13-14-8-11-20-12-9-14/h1-7,10,14,18,20H,8-9,11-13H2. The first-order chi connectivity index (χ1) is 10.8. The summed E-state index contributed by atoms with van der Waals surface area (Å²) in [5.74, 6) is 0.625. The van der Waals surface area contributed by atoms with Crippen molar-refractivity contribution in [2.24, 2.45) is 5.92 Å². The highest BCUT2D eigenvalue weighted by atomic mass is 35.5. The average Bonchev–Trinajstić information content (AvgIpc) is 2.58. The van der Waals surface area contributed by atoms with E-state index >= 15 is 0 Å². The molecule has 0 radical (unpaired) electrons. The first-order valence-electron chi connectivity index (χ1n) is 7.81. The Morgan fingerprint density at radius 1 is 1.14 bits per heavy atom. The smallest absolute Gasteiger partial charge is 0.124 e. The third-order valence-electron chi connectivity index (χ3n) is 4.09. The van der Waals surface area contributed by atoms with Gasteiger partial charge in [0.05, 0.1) is 12.3 Å². The molecule has 1 saturated heterocycles. The number of ether oxygens (including phenoxy) is 1. The number of nitrogens with one attached hydrogen (secondary N) is 1. The molecule has 1 atom stereocenters. The van der Waals surface area contributed by atoms with Crippen LogP contribution in [-0.2, 0) is 4.74 Å². The van der Waals surface area contributed by atoms with Crippen molar-refractivity contribution in [1.82, 2.24) is 10.3 Å². The molecular formula is C18H21ClN2O. The second-order valence-corrected chi connectivity index (χ2v) is 6.15. The van der Waals surface area contributed by atoms with Gasteiger partial charge < -0.3 is 10.1 Å². The van der Waals surface area contributed by atoms with Gasteiger partial charge in [0.2, 0.25) is 0 Å². The number of benzene rings is 1. The molecule has 0 spiro atoms. The Bertz CT molecular complexity index is 567. The van der Waals surface area contributed by atoms with Gasteiger partial charge in [0.15, 0.2) is 0 Å². The van der Waals surface area contributed by atoms with E-state index < -0.39 is 0 Å². The number of nitrogens with zero attached hydrogens (tertiary/aromatic N) is 1. The predicted molar refractivity (Wildman–Crippen MR) is 89.1 cm³/mol. The Hall–Kier alpha value is -1.42. The summed E-state index contributed by atoms with van der Waals surface area (Å²) < 4.78 is 6.26. The topological polar surface area (TPSA) is 34.1 Å². The predicted octanol–water partition coefficient (Wildman–Crippen LogP) is 3.84. The largest absolute Gasteiger partial charge is 0.367 e. The molecule has 1 aromatic heterocycles. The quantitative estimate of drug-likeness (QED) is 0.910. The van der Waals surface area contributed by atoms with Crippen LogP contribution in [0.25, 0.3) is 0 Å². The van der Waals surface area contributed by atoms with Crippen molar-refractivity contribution in [3.8, 4) is 0 Å². The minimum Gasteiger partial charge on any atom is -0.367 e. The molecule has 4 heteroatoms. The van der Waals surface area contributed by atoms with Gasteiger partial charge in [-0.3, -0.25) is 4.98 Å². The summed E-state index contributed by atoms with van der Waals surface area (Å²) in [6, 6.07) is 13.8. The molecule has 1 N–H and O–H groups in total. The molecule has 2 aromatic rings. The summed E-state index contributed by atoms with van der Waals surface area (Å²) in [5.41, 5.74) is 2.04. The maximum atomic E-state index is 6.26. The van der Waals surface area contributed by atoms with Crippen LogP contribution in [0, 0.1) is 5.92 Å². The Balaban J connectivity index is 1.75. The Morgan fingerprint density at radius 3 is 2.59 bits per heavy atom. The fourth-order valence-corrected chi connectivity index (χ4v) is 2.93. The van der Waals surface area contributed by atoms with E-state index in [-0.39, 0.29) is 6.10 Å². The van der Waals surface area contributed by atoms with Crippen molar-refractivity contribution in [1.29, 1.82) is 0 Å². The SMILES string of the molecule is Clc1ccc(C(OCC2CCNCC2)c2ccccn2)cc1. The highest BCUT2D eigenvalue weighted by molar-refractivity contribution is 6.30. The number of pyridine rings is 1. The van der Waals surface area contributed by atoms with Crippen LogP contribution in [0.3, 0.4) is 0 Å². The van der Waals surface area contributed by atoms with Gasteiger partial charge in [-0.25, -0.2) is 0 Å². The van der Waals surface area contributed by atoms with Crippen LogP contribution in [0.15, 0.2) is 48.7 Å². The van der Waals surface area contributed by atoms with Crippen molar-refractivity contribution >= 4 is 11.6 Å². The number of piperidine rings is 1. The third kappa shape index (κ3) is 4.07. The molecule has 116 valence electrons. The van der Waals surface area contributed by atoms with Crippen LogP contribution in [0.5, 0.6) is 0 Å². The molecule has 1 fully saturated rings. The summed E-state index contributed by atoms with van der Waals surface area (Å²) in [7, 11) is 0. The second-order valence-electron chi connectivity index (χ2n) is 5.71. The van der Waals surface area contributed by atoms with Gasteiger partial charge in [-0.05, 0) is 61.7 Å². The van der Waals surface area contributed by atoms with Crippen molar-refractivity contribution in [2.45, 2.75) is 18.9 Å². The normalized spacial score (nSPS) is 17.3. The van der Waals surface area contributed by atoms with Gasteiger partial charge in [-0.2, -0.15) is 0 Å². The van der Waals surface area contributed by atoms with Crippen molar-refractivity contribution in [3.63, 3.8) is 0 Å². The Kier molecular flexibility index (Phi) is 5.43. The highest BCUT2D eigenvalue weighted by Crippen LogP contribution is 2.27. The molecule has 3 rings (SSSR count). The first-order valence-corrected chi connectivity index (χ1v) is 8.19. The second kappa shape index (κ2) is 7.73. The number of hydrogen-bond donors (Lipinski definition) is 1. The molecule has 0 bridgehead atoms. The molecule has 22 heavy (non-hydrogen) atoms. The lowest BCUT2D eigenvalue weighted by Crippen LogP contribution is -2.30. The van der Waals surface area contributed by atoms with Gasteiger partial charge in [-0.15, -0.1) is 0 Å². The highest BCUT2D eigenvalue weighted by Gasteiger charge is 2.20. The zero-order valence-corrected chi connectivity index (χ0v) is 13.3. The van der Waals surface area contributed by atoms with E-state index in [1.165, 1.54) is 12.8 Å². The number of halogens is 1. The maximum Gasteiger partial charge on any atom is 0.124 e. The van der Waals surface area contributed by atoms with Gasteiger partial charge >= 0.3 is 0 Å². The van der Waals surface area contributed by atoms with E-state index in [4.69, 9.17) is 16.3 Å². The molecule has 1 aliphatic rings. The molecule has 0 amide bonds. The van der Waals surface area contributed by atoms with Crippen LogP contribution in [0.4, 0.5) is 0 Å². The van der Waals surface area contributed by atoms with E-state index in [9.17, 15) is 0 Å². The van der Waals surface area contributed by atoms with E-state index in [1.54, 1.807) is 0 Å².